The Hall–Kier alpha value is -2.57. The summed E-state index contributed by atoms with van der Waals surface area (Å²) in [5, 5.41) is 5.72. The van der Waals surface area contributed by atoms with Gasteiger partial charge in [-0.3, -0.25) is 9.59 Å². The Morgan fingerprint density at radius 1 is 1.00 bits per heavy atom. The number of benzene rings is 1. The van der Waals surface area contributed by atoms with Crippen molar-refractivity contribution >= 4 is 17.9 Å². The number of unbranched alkanes of at least 4 members (excludes halogenated alkanes) is 1. The molecule has 0 spiro atoms. The molecular weight excluding hydrogens is 418 g/mol. The van der Waals surface area contributed by atoms with Crippen molar-refractivity contribution in [2.24, 2.45) is 5.92 Å². The number of rotatable bonds is 9. The molecule has 0 fully saturated rings. The maximum atomic E-state index is 14.0. The second-order valence-electron chi connectivity index (χ2n) is 10.7. The van der Waals surface area contributed by atoms with E-state index in [-0.39, 0.29) is 17.7 Å². The fourth-order valence-corrected chi connectivity index (χ4v) is 3.48. The molecule has 0 aliphatic heterocycles. The summed E-state index contributed by atoms with van der Waals surface area (Å²) in [5.74, 6) is -0.782. The van der Waals surface area contributed by atoms with Gasteiger partial charge in [0, 0.05) is 12.1 Å². The lowest BCUT2D eigenvalue weighted by Gasteiger charge is -2.43. The van der Waals surface area contributed by atoms with Crippen molar-refractivity contribution in [1.29, 1.82) is 0 Å². The smallest absolute Gasteiger partial charge is 0.408 e. The van der Waals surface area contributed by atoms with Crippen LogP contribution in [0.5, 0.6) is 0 Å². The van der Waals surface area contributed by atoms with Crippen LogP contribution in [0.4, 0.5) is 4.79 Å². The highest BCUT2D eigenvalue weighted by Crippen LogP contribution is 2.30. The Bertz CT molecular complexity index is 779. The van der Waals surface area contributed by atoms with Gasteiger partial charge in [0.15, 0.2) is 0 Å². The molecule has 0 aromatic heterocycles. The number of carbonyl (C=O) groups excluding carboxylic acids is 3. The molecule has 1 aromatic rings. The predicted octanol–water partition coefficient (Wildman–Crippen LogP) is 4.82. The van der Waals surface area contributed by atoms with Crippen LogP contribution in [0.2, 0.25) is 0 Å². The molecule has 2 unspecified atom stereocenters. The normalized spacial score (nSPS) is 13.8. The first-order valence-electron chi connectivity index (χ1n) is 11.8. The third-order valence-corrected chi connectivity index (χ3v) is 5.02. The fraction of sp³-hybridized carbons (Fsp3) is 0.654. The molecule has 1 aromatic carbocycles. The van der Waals surface area contributed by atoms with Gasteiger partial charge < -0.3 is 20.3 Å². The van der Waals surface area contributed by atoms with Crippen molar-refractivity contribution < 1.29 is 19.1 Å². The van der Waals surface area contributed by atoms with Gasteiger partial charge in [-0.2, -0.15) is 0 Å². The lowest BCUT2D eigenvalue weighted by molar-refractivity contribution is -0.149. The third kappa shape index (κ3) is 9.06. The second kappa shape index (κ2) is 12.1. The summed E-state index contributed by atoms with van der Waals surface area (Å²) in [5.41, 5.74) is -0.665. The first kappa shape index (κ1) is 28.5. The van der Waals surface area contributed by atoms with Crippen LogP contribution < -0.4 is 10.6 Å². The molecule has 2 atom stereocenters. The first-order chi connectivity index (χ1) is 15.2. The lowest BCUT2D eigenvalue weighted by Crippen LogP contribution is -2.59. The van der Waals surface area contributed by atoms with Crippen molar-refractivity contribution in [3.8, 4) is 0 Å². The van der Waals surface area contributed by atoms with E-state index < -0.39 is 29.3 Å². The van der Waals surface area contributed by atoms with Crippen molar-refractivity contribution in [1.82, 2.24) is 15.5 Å². The summed E-state index contributed by atoms with van der Waals surface area (Å²) in [4.78, 5) is 41.5. The van der Waals surface area contributed by atoms with Gasteiger partial charge in [0.1, 0.15) is 17.7 Å². The summed E-state index contributed by atoms with van der Waals surface area (Å²) < 4.78 is 5.39. The number of ether oxygens (including phenoxy) is 1. The van der Waals surface area contributed by atoms with Crippen LogP contribution in [0.1, 0.15) is 86.8 Å². The zero-order valence-corrected chi connectivity index (χ0v) is 21.8. The maximum Gasteiger partial charge on any atom is 0.408 e. The van der Waals surface area contributed by atoms with E-state index in [4.69, 9.17) is 4.74 Å². The van der Waals surface area contributed by atoms with Crippen molar-refractivity contribution in [3.05, 3.63) is 35.9 Å². The molecule has 0 heterocycles. The monoisotopic (exact) mass is 461 g/mol. The number of amides is 3. The molecule has 0 aliphatic rings. The average molecular weight is 462 g/mol. The summed E-state index contributed by atoms with van der Waals surface area (Å²) in [6.45, 7) is 17.3. The summed E-state index contributed by atoms with van der Waals surface area (Å²) in [6.07, 6.45) is 1.14. The van der Waals surface area contributed by atoms with Gasteiger partial charge in [-0.05, 0) is 59.4 Å². The molecule has 7 nitrogen and oxygen atoms in total. The van der Waals surface area contributed by atoms with Gasteiger partial charge in [-0.15, -0.1) is 0 Å². The predicted molar refractivity (Wildman–Crippen MR) is 132 cm³/mol. The summed E-state index contributed by atoms with van der Waals surface area (Å²) >= 11 is 0. The highest BCUT2D eigenvalue weighted by Gasteiger charge is 2.42. The van der Waals surface area contributed by atoms with E-state index in [2.05, 4.69) is 17.6 Å². The summed E-state index contributed by atoms with van der Waals surface area (Å²) in [7, 11) is 0. The minimum Gasteiger partial charge on any atom is -0.444 e. The average Bonchev–Trinajstić information content (AvgIpc) is 2.68. The molecule has 0 bridgehead atoms. The van der Waals surface area contributed by atoms with Gasteiger partial charge in [0.05, 0.1) is 0 Å². The van der Waals surface area contributed by atoms with E-state index in [9.17, 15) is 14.4 Å². The maximum absolute atomic E-state index is 14.0. The van der Waals surface area contributed by atoms with Crippen LogP contribution in [0.25, 0.3) is 0 Å². The highest BCUT2D eigenvalue weighted by molar-refractivity contribution is 5.92. The number of alkyl carbamates (subject to hydrolysis) is 1. The number of hydrogen-bond acceptors (Lipinski definition) is 4. The minimum atomic E-state index is -0.853. The van der Waals surface area contributed by atoms with Crippen LogP contribution in [0, 0.1) is 5.92 Å². The van der Waals surface area contributed by atoms with E-state index >= 15 is 0 Å². The van der Waals surface area contributed by atoms with Gasteiger partial charge in [0.25, 0.3) is 0 Å². The minimum absolute atomic E-state index is 0.213. The molecule has 1 rings (SSSR count). The molecule has 33 heavy (non-hydrogen) atoms. The van der Waals surface area contributed by atoms with Crippen LogP contribution in [0.15, 0.2) is 30.3 Å². The van der Waals surface area contributed by atoms with Gasteiger partial charge in [-0.25, -0.2) is 4.79 Å². The molecule has 186 valence electrons. The van der Waals surface area contributed by atoms with E-state index in [1.807, 2.05) is 65.0 Å². The van der Waals surface area contributed by atoms with Crippen LogP contribution in [-0.4, -0.2) is 46.5 Å². The van der Waals surface area contributed by atoms with Crippen LogP contribution in [-0.2, 0) is 14.3 Å². The Kier molecular flexibility index (Phi) is 10.4. The van der Waals surface area contributed by atoms with E-state index in [1.165, 1.54) is 0 Å². The molecule has 0 aliphatic carbocycles. The van der Waals surface area contributed by atoms with E-state index in [0.29, 0.717) is 6.54 Å². The zero-order valence-electron chi connectivity index (χ0n) is 21.8. The molecule has 2 N–H and O–H groups in total. The van der Waals surface area contributed by atoms with Crippen molar-refractivity contribution in [2.75, 3.05) is 6.54 Å². The standard InChI is InChI=1S/C26H43N3O4/c1-10-11-17-27-22(30)21(19-15-13-12-14-16-19)29(25(4,5)6)23(31)20(18(2)3)28-24(32)33-26(7,8)9/h12-16,18,20-21H,10-11,17H2,1-9H3,(H,27,30)(H,28,32). The quantitative estimate of drug-likeness (QED) is 0.516. The third-order valence-electron chi connectivity index (χ3n) is 5.02. The number of carbonyl (C=O) groups is 3. The zero-order chi connectivity index (χ0) is 25.4. The number of nitrogens with zero attached hydrogens (tertiary/aromatic N) is 1. The van der Waals surface area contributed by atoms with Gasteiger partial charge in [-0.1, -0.05) is 57.5 Å². The molecule has 0 saturated carbocycles. The van der Waals surface area contributed by atoms with Crippen molar-refractivity contribution in [2.45, 2.75) is 98.4 Å². The van der Waals surface area contributed by atoms with E-state index in [1.54, 1.807) is 25.7 Å². The summed E-state index contributed by atoms with van der Waals surface area (Å²) in [6, 6.07) is 7.59. The molecule has 3 amide bonds. The lowest BCUT2D eigenvalue weighted by atomic mass is 9.93. The van der Waals surface area contributed by atoms with Crippen molar-refractivity contribution in [3.63, 3.8) is 0 Å². The van der Waals surface area contributed by atoms with Gasteiger partial charge in [0.2, 0.25) is 11.8 Å². The topological polar surface area (TPSA) is 87.7 Å². The number of hydrogen-bond donors (Lipinski definition) is 2. The van der Waals surface area contributed by atoms with Gasteiger partial charge >= 0.3 is 6.09 Å². The number of nitrogens with one attached hydrogen (secondary N) is 2. The largest absolute Gasteiger partial charge is 0.444 e. The Morgan fingerprint density at radius 2 is 1.58 bits per heavy atom. The molecule has 0 radical (unpaired) electrons. The highest BCUT2D eigenvalue weighted by atomic mass is 16.6. The Balaban J connectivity index is 3.41. The first-order valence-corrected chi connectivity index (χ1v) is 11.8. The Labute approximate surface area is 199 Å². The SMILES string of the molecule is CCCCNC(=O)C(c1ccccc1)N(C(=O)C(NC(=O)OC(C)(C)C)C(C)C)C(C)(C)C. The van der Waals surface area contributed by atoms with Crippen LogP contribution in [0.3, 0.4) is 0 Å². The van der Waals surface area contributed by atoms with Crippen LogP contribution >= 0.6 is 0 Å². The van der Waals surface area contributed by atoms with E-state index in [0.717, 1.165) is 18.4 Å². The Morgan fingerprint density at radius 3 is 2.03 bits per heavy atom. The molecular formula is C26H43N3O4. The molecule has 0 saturated heterocycles. The second-order valence-corrected chi connectivity index (χ2v) is 10.7. The molecule has 7 heteroatoms. The fourth-order valence-electron chi connectivity index (χ4n) is 3.48.